The van der Waals surface area contributed by atoms with Gasteiger partial charge in [-0.3, -0.25) is 0 Å². The molecule has 0 amide bonds. The lowest BCUT2D eigenvalue weighted by atomic mass is 9.81. The highest BCUT2D eigenvalue weighted by molar-refractivity contribution is 6.62. The largest absolute Gasteiger partial charge is 0.498 e. The van der Waals surface area contributed by atoms with Gasteiger partial charge >= 0.3 is 14.2 Å². The third-order valence-electron chi connectivity index (χ3n) is 22.0. The molecule has 0 aliphatic carbocycles. The molecule has 8 aromatic heterocycles. The van der Waals surface area contributed by atoms with Crippen LogP contribution in [-0.2, 0) is 56.5 Å². The molecule has 0 bridgehead atoms. The standard InChI is InChI=1S/C17H22N6O2.C15H20N8O2.C14H21N3O2.C12H19N5O2.2C10H16BN3O2/c18-17-19-11-13(12-20-17)15-9-14(22-1-5-24-6-2-22)10-16(21-15)23-3-7-25-8-4-23;16-13-17-9-11(10-18-13)12-19-14(22-1-5-24-6-2-22)21-15(20-12)23-3-7-25-8-4-23;1-12-10-13(16-2-6-18-7-3-16)11-14(15-12)17-4-8-19-9-5-17;1-10-13-11(16-2-6-18-7-3-16)15-12(14-10)17-4-8-19-9-5-17;2*1-9(2)10(3,4)16-11(15-9)7-5-13-8(12)14-6-7/h9-12H,1-8H2,(H2,18,19,20);9-10H,1-8H2,(H2,16,17,18);10-11H,2-9H2,1H3;2-9H2,1H3;2*5-6H,1-4H3,(H2,12,13,14). The lowest BCUT2D eigenvalue weighted by Gasteiger charge is -2.32. The van der Waals surface area contributed by atoms with Crippen LogP contribution in [0.5, 0.6) is 0 Å². The van der Waals surface area contributed by atoms with Crippen molar-refractivity contribution in [2.24, 2.45) is 0 Å². The van der Waals surface area contributed by atoms with Gasteiger partial charge in [-0.05, 0) is 81.4 Å². The van der Waals surface area contributed by atoms with Crippen molar-refractivity contribution in [3.05, 3.63) is 85.4 Å². The maximum Gasteiger partial charge on any atom is 0.498 e. The molecule has 0 spiro atoms. The second-order valence-electron chi connectivity index (χ2n) is 31.5. The number of anilines is 12. The van der Waals surface area contributed by atoms with Gasteiger partial charge in [0, 0.05) is 200 Å². The normalized spacial score (nSPS) is 20.2. The molecule has 10 fully saturated rings. The first-order valence-electron chi connectivity index (χ1n) is 41.0. The van der Waals surface area contributed by atoms with E-state index in [1.54, 1.807) is 49.6 Å². The fraction of sp³-hybridized carbons (Fsp3) is 0.590. The van der Waals surface area contributed by atoms with Crippen molar-refractivity contribution in [3.8, 4) is 22.6 Å². The third-order valence-corrected chi connectivity index (χ3v) is 22.0. The molecule has 120 heavy (non-hydrogen) atoms. The Morgan fingerprint density at radius 1 is 0.283 bits per heavy atom. The van der Waals surface area contributed by atoms with Crippen molar-refractivity contribution < 1.29 is 56.5 Å². The van der Waals surface area contributed by atoms with Crippen LogP contribution in [0.3, 0.4) is 0 Å². The summed E-state index contributed by atoms with van der Waals surface area (Å²) < 4.78 is 66.7. The Morgan fingerprint density at radius 3 is 0.858 bits per heavy atom. The van der Waals surface area contributed by atoms with Crippen molar-refractivity contribution in [2.75, 3.05) is 273 Å². The third kappa shape index (κ3) is 23.7. The van der Waals surface area contributed by atoms with Crippen LogP contribution in [-0.4, -0.2) is 327 Å². The second-order valence-corrected chi connectivity index (χ2v) is 31.5. The van der Waals surface area contributed by atoms with E-state index in [2.05, 4.69) is 145 Å². The summed E-state index contributed by atoms with van der Waals surface area (Å²) in [4.78, 5) is 86.7. The van der Waals surface area contributed by atoms with E-state index >= 15 is 0 Å². The van der Waals surface area contributed by atoms with Gasteiger partial charge in [-0.1, -0.05) is 0 Å². The van der Waals surface area contributed by atoms with E-state index in [0.717, 1.165) is 247 Å². The first-order chi connectivity index (χ1) is 57.9. The summed E-state index contributed by atoms with van der Waals surface area (Å²) >= 11 is 0. The molecular formula is C78H114B2N28O12. The highest BCUT2D eigenvalue weighted by atomic mass is 16.7. The van der Waals surface area contributed by atoms with E-state index in [1.807, 2.05) is 62.3 Å². The number of hydrogen-bond donors (Lipinski definition) is 4. The van der Waals surface area contributed by atoms with E-state index in [4.69, 9.17) is 84.4 Å². The van der Waals surface area contributed by atoms with Crippen LogP contribution in [0.2, 0.25) is 0 Å². The highest BCUT2D eigenvalue weighted by Crippen LogP contribution is 2.38. The molecule has 0 atom stereocenters. The van der Waals surface area contributed by atoms with Gasteiger partial charge in [0.05, 0.1) is 139 Å². The van der Waals surface area contributed by atoms with Gasteiger partial charge in [0.1, 0.15) is 17.5 Å². The van der Waals surface area contributed by atoms with Crippen LogP contribution in [0.1, 0.15) is 66.9 Å². The quantitative estimate of drug-likeness (QED) is 0.127. The van der Waals surface area contributed by atoms with E-state index in [1.165, 1.54) is 5.69 Å². The molecule has 10 saturated heterocycles. The molecule has 0 radical (unpaired) electrons. The summed E-state index contributed by atoms with van der Waals surface area (Å²) in [6.07, 6.45) is 13.2. The number of pyridine rings is 2. The lowest BCUT2D eigenvalue weighted by molar-refractivity contribution is 0.00578. The van der Waals surface area contributed by atoms with Crippen molar-refractivity contribution in [2.45, 2.75) is 91.6 Å². The van der Waals surface area contributed by atoms with E-state index in [-0.39, 0.29) is 46.2 Å². The topological polar surface area (TPSA) is 447 Å². The molecule has 10 aliphatic rings. The Hall–Kier alpha value is -10.1. The first kappa shape index (κ1) is 87.7. The van der Waals surface area contributed by atoms with Gasteiger partial charge in [-0.25, -0.2) is 49.8 Å². The van der Waals surface area contributed by atoms with Crippen LogP contribution >= 0.6 is 0 Å². The predicted octanol–water partition coefficient (Wildman–Crippen LogP) is 2.01. The first-order valence-corrected chi connectivity index (χ1v) is 41.0. The number of aryl methyl sites for hydroxylation is 2. The zero-order chi connectivity index (χ0) is 84.2. The summed E-state index contributed by atoms with van der Waals surface area (Å²) in [6.45, 7) is 45.4. The molecule has 0 unspecified atom stereocenters. The molecule has 8 N–H and O–H groups in total. The smallest absolute Gasteiger partial charge is 0.399 e. The van der Waals surface area contributed by atoms with Crippen molar-refractivity contribution in [1.29, 1.82) is 0 Å². The predicted molar refractivity (Wildman–Crippen MR) is 457 cm³/mol. The van der Waals surface area contributed by atoms with Crippen LogP contribution in [0.15, 0.2) is 73.8 Å². The Labute approximate surface area is 701 Å². The number of nitrogens with zero attached hydrogens (tertiary/aromatic N) is 24. The summed E-state index contributed by atoms with van der Waals surface area (Å²) in [5, 5.41) is 0. The molecular weight excluding hydrogens is 1540 g/mol. The number of aromatic nitrogens is 16. The fourth-order valence-electron chi connectivity index (χ4n) is 13.6. The number of nitrogen functional groups attached to an aromatic ring is 4. The average Bonchev–Trinajstić information content (AvgIpc) is 1.62. The number of morpholine rings is 8. The molecule has 42 heteroatoms. The number of rotatable bonds is 12. The molecule has 10 aliphatic heterocycles. The van der Waals surface area contributed by atoms with Crippen molar-refractivity contribution >= 4 is 95.8 Å². The van der Waals surface area contributed by atoms with E-state index in [0.29, 0.717) is 49.7 Å². The number of nitrogens with two attached hydrogens (primary N) is 4. The highest BCUT2D eigenvalue weighted by Gasteiger charge is 2.53. The Kier molecular flexibility index (Phi) is 29.9. The maximum atomic E-state index is 5.85. The Bertz CT molecular complexity index is 4060. The van der Waals surface area contributed by atoms with E-state index < -0.39 is 14.2 Å². The molecule has 0 saturated carbocycles. The van der Waals surface area contributed by atoms with Gasteiger partial charge in [0.25, 0.3) is 0 Å². The molecule has 0 aromatic carbocycles. The van der Waals surface area contributed by atoms with Gasteiger partial charge < -0.3 is 119 Å². The average molecular weight is 1660 g/mol. The Morgan fingerprint density at radius 2 is 0.542 bits per heavy atom. The minimum Gasteiger partial charge on any atom is -0.399 e. The lowest BCUT2D eigenvalue weighted by Crippen LogP contribution is -2.41. The van der Waals surface area contributed by atoms with E-state index in [9.17, 15) is 0 Å². The molecule has 40 nitrogen and oxygen atoms in total. The van der Waals surface area contributed by atoms with Crippen LogP contribution in [0, 0.1) is 13.8 Å². The monoisotopic (exact) mass is 1660 g/mol. The minimum absolute atomic E-state index is 0.222. The van der Waals surface area contributed by atoms with Crippen molar-refractivity contribution in [1.82, 2.24) is 79.7 Å². The second kappa shape index (κ2) is 41.0. The van der Waals surface area contributed by atoms with Crippen LogP contribution < -0.4 is 73.1 Å². The SMILES string of the molecule is CC1(C)OB(c2cnc(N)nc2)OC1(C)C.CC1(C)OB(c2cnc(N)nc2)OC1(C)C.Cc1cc(N2CCOCC2)cc(N2CCOCC2)n1.Cc1nc(N2CCOCC2)nc(N2CCOCC2)n1.Nc1ncc(-c2cc(N3CCOCC3)cc(N3CCOCC3)n2)cn1.Nc1ncc(-c2nc(N3CCOCC3)nc(N3CCOCC3)n2)cn1. The van der Waals surface area contributed by atoms with Gasteiger partial charge in [-0.2, -0.15) is 29.9 Å². The maximum absolute atomic E-state index is 5.85. The van der Waals surface area contributed by atoms with Gasteiger partial charge in [-0.15, -0.1) is 0 Å². The summed E-state index contributed by atoms with van der Waals surface area (Å²) in [5.74, 6) is 7.13. The van der Waals surface area contributed by atoms with Crippen LogP contribution in [0.4, 0.5) is 70.6 Å². The number of ether oxygens (including phenoxy) is 8. The Balaban J connectivity index is 0.000000126. The number of hydrogen-bond acceptors (Lipinski definition) is 40. The summed E-state index contributed by atoms with van der Waals surface area (Å²) in [5.41, 5.74) is 28.1. The summed E-state index contributed by atoms with van der Waals surface area (Å²) in [6, 6.07) is 8.60. The zero-order valence-corrected chi connectivity index (χ0v) is 70.7. The fourth-order valence-corrected chi connectivity index (χ4v) is 13.6. The molecule has 8 aromatic rings. The van der Waals surface area contributed by atoms with Gasteiger partial charge in [0.15, 0.2) is 5.82 Å². The molecule has 18 rings (SSSR count). The van der Waals surface area contributed by atoms with Crippen molar-refractivity contribution in [3.63, 3.8) is 0 Å². The molecule has 644 valence electrons. The van der Waals surface area contributed by atoms with Gasteiger partial charge in [0.2, 0.25) is 47.6 Å². The minimum atomic E-state index is -0.425. The van der Waals surface area contributed by atoms with Crippen LogP contribution in [0.25, 0.3) is 22.6 Å². The summed E-state index contributed by atoms with van der Waals surface area (Å²) in [7, 11) is -0.851. The zero-order valence-electron chi connectivity index (χ0n) is 70.7. The molecule has 18 heterocycles.